The number of anilines is 2. The third-order valence-corrected chi connectivity index (χ3v) is 25.7. The van der Waals surface area contributed by atoms with E-state index in [1.165, 1.54) is 45.5 Å². The van der Waals surface area contributed by atoms with E-state index in [9.17, 15) is 54.3 Å². The van der Waals surface area contributed by atoms with Crippen molar-refractivity contribution < 1.29 is 54.3 Å². The molecule has 1 aromatic heterocycles. The molecule has 0 radical (unpaired) electrons. The first kappa shape index (κ1) is 80.7. The van der Waals surface area contributed by atoms with Crippen LogP contribution in [0.2, 0.25) is 5.02 Å². The predicted octanol–water partition coefficient (Wildman–Crippen LogP) is 13.3. The Balaban J connectivity index is 0.671. The van der Waals surface area contributed by atoms with Gasteiger partial charge in [0.1, 0.15) is 17.0 Å². The Kier molecular flexibility index (Phi) is 27.2. The number of alkyl halides is 3. The molecule has 4 heterocycles. The third kappa shape index (κ3) is 21.7. The standard InChI is InChI=1S/C78H100ClF3N10O9S4/c1-53(55-19-21-57(22-20-55)71-54(2)83-52-103-71)84-74(96)68-46-63(93)50-92(68)75(97)72(76(3,4)5)86-70(94)18-14-9-8-10-15-36-88-38-40-89(41-39-88)37-34-61(51-102-64-16-12-11-13-17-64)85-67-32-31-65(47-69(67)104(98,99)78(80,81)82)105(100,101)87-73(95)58-25-29-62(30-26-58)91-44-42-90(43-45-91)49-59-48-77(6,7)35-33-66(59)56-23-27-60(79)28-24-56/h11-13,16-17,19-32,47,52-53,61,63,68,72,85,93H,8-10,14-15,18,33-46,48-51H2,1-7H3,(H,84,96)(H,86,94)(H,87,95)/t53-,61+,63+,68-,72+/m0/s1. The van der Waals surface area contributed by atoms with Gasteiger partial charge >= 0.3 is 5.51 Å². The average Bonchev–Trinajstić information content (AvgIpc) is 0.922. The Morgan fingerprint density at radius 3 is 2.06 bits per heavy atom. The number of aliphatic hydroxyl groups excluding tert-OH is 1. The number of thiazole rings is 1. The van der Waals surface area contributed by atoms with Crippen LogP contribution in [0.4, 0.5) is 24.5 Å². The number of aromatic nitrogens is 1. The van der Waals surface area contributed by atoms with Crippen molar-refractivity contribution in [2.24, 2.45) is 10.8 Å². The number of unbranched alkanes of at least 4 members (excludes halogenated alkanes) is 4. The molecule has 4 aliphatic rings. The van der Waals surface area contributed by atoms with E-state index >= 15 is 0 Å². The second kappa shape index (κ2) is 35.4. The summed E-state index contributed by atoms with van der Waals surface area (Å²) < 4.78 is 100. The van der Waals surface area contributed by atoms with Crippen LogP contribution in [0.1, 0.15) is 145 Å². The topological polar surface area (TPSA) is 234 Å². The number of aryl methyl sites for hydroxylation is 1. The molecule has 5 atom stereocenters. The van der Waals surface area contributed by atoms with Crippen LogP contribution in [0.15, 0.2) is 147 Å². The lowest BCUT2D eigenvalue weighted by atomic mass is 9.73. The Labute approximate surface area is 630 Å². The number of rotatable bonds is 30. The lowest BCUT2D eigenvalue weighted by Gasteiger charge is -2.39. The number of nitrogens with one attached hydrogen (secondary N) is 4. The second-order valence-electron chi connectivity index (χ2n) is 30.1. The summed E-state index contributed by atoms with van der Waals surface area (Å²) in [6.45, 7) is 22.3. The summed E-state index contributed by atoms with van der Waals surface area (Å²) in [7, 11) is -11.1. The van der Waals surface area contributed by atoms with Gasteiger partial charge in [0.15, 0.2) is 0 Å². The highest BCUT2D eigenvalue weighted by Gasteiger charge is 2.49. The number of sulfonamides is 1. The molecule has 3 saturated heterocycles. The quantitative estimate of drug-likeness (QED) is 0.0208. The first-order valence-corrected chi connectivity index (χ1v) is 41.6. The van der Waals surface area contributed by atoms with Crippen molar-refractivity contribution in [2.75, 3.05) is 94.5 Å². The second-order valence-corrected chi connectivity index (χ2v) is 36.1. The van der Waals surface area contributed by atoms with Crippen molar-refractivity contribution in [1.82, 2.24) is 39.9 Å². The Bertz CT molecular complexity index is 4220. The number of allylic oxidation sites excluding steroid dienone is 1. The van der Waals surface area contributed by atoms with Gasteiger partial charge in [-0.2, -0.15) is 13.2 Å². The maximum Gasteiger partial charge on any atom is 0.501 e. The number of likely N-dealkylation sites (tertiary alicyclic amines) is 1. The number of hydrogen-bond acceptors (Lipinski definition) is 17. The molecule has 6 aromatic rings. The summed E-state index contributed by atoms with van der Waals surface area (Å²) in [6.07, 6.45) is 7.16. The number of aliphatic hydroxyl groups is 1. The minimum Gasteiger partial charge on any atom is -0.391 e. The first-order chi connectivity index (χ1) is 49.8. The largest absolute Gasteiger partial charge is 0.501 e. The predicted molar refractivity (Wildman–Crippen MR) is 412 cm³/mol. The number of piperazine rings is 2. The van der Waals surface area contributed by atoms with Crippen molar-refractivity contribution >= 4 is 95.1 Å². The van der Waals surface area contributed by atoms with E-state index in [0.717, 1.165) is 142 Å². The van der Waals surface area contributed by atoms with Gasteiger partial charge in [0, 0.05) is 118 Å². The number of thioether (sulfide) groups is 1. The van der Waals surface area contributed by atoms with Gasteiger partial charge in [0.25, 0.3) is 25.8 Å². The highest BCUT2D eigenvalue weighted by molar-refractivity contribution is 7.99. The zero-order valence-corrected chi connectivity index (χ0v) is 65.0. The molecular weight excluding hydrogens is 1440 g/mol. The summed E-state index contributed by atoms with van der Waals surface area (Å²) in [5.41, 5.74) is 2.79. The minimum absolute atomic E-state index is 0.0226. The van der Waals surface area contributed by atoms with Crippen LogP contribution in [0.5, 0.6) is 0 Å². The van der Waals surface area contributed by atoms with Gasteiger partial charge in [-0.3, -0.25) is 24.1 Å². The van der Waals surface area contributed by atoms with Crippen LogP contribution in [0.25, 0.3) is 16.0 Å². The fraction of sp³-hybridized carbons (Fsp3) is 0.500. The van der Waals surface area contributed by atoms with Crippen LogP contribution in [0, 0.1) is 17.8 Å². The zero-order valence-electron chi connectivity index (χ0n) is 61.0. The van der Waals surface area contributed by atoms with E-state index < -0.39 is 82.3 Å². The molecule has 4 amide bonds. The maximum absolute atomic E-state index is 14.6. The molecule has 5 N–H and O–H groups in total. The smallest absolute Gasteiger partial charge is 0.391 e. The van der Waals surface area contributed by atoms with Gasteiger partial charge in [0.05, 0.1) is 38.8 Å². The summed E-state index contributed by atoms with van der Waals surface area (Å²) in [6, 6.07) is 31.4. The van der Waals surface area contributed by atoms with Crippen LogP contribution in [-0.4, -0.2) is 184 Å². The number of sulfone groups is 1. The van der Waals surface area contributed by atoms with Gasteiger partial charge in [-0.05, 0) is 159 Å². The molecule has 0 saturated carbocycles. The summed E-state index contributed by atoms with van der Waals surface area (Å²) in [5.74, 6) is -1.77. The number of amides is 4. The number of halogens is 4. The number of nitrogens with zero attached hydrogens (tertiary/aromatic N) is 6. The van der Waals surface area contributed by atoms with Crippen LogP contribution < -0.4 is 25.6 Å². The van der Waals surface area contributed by atoms with Gasteiger partial charge in [-0.25, -0.2) is 26.5 Å². The van der Waals surface area contributed by atoms with Gasteiger partial charge < -0.3 is 40.7 Å². The minimum atomic E-state index is -6.14. The molecule has 19 nitrogen and oxygen atoms in total. The van der Waals surface area contributed by atoms with E-state index in [-0.39, 0.29) is 48.2 Å². The number of benzene rings is 5. The number of β-amino-alcohol motifs (C(OH)–C–C–N with tert-alkyl or cyclic N) is 1. The number of hydrogen-bond donors (Lipinski definition) is 5. The van der Waals surface area contributed by atoms with Crippen LogP contribution in [-0.2, 0) is 34.2 Å². The number of carbonyl (C=O) groups is 4. The van der Waals surface area contributed by atoms with Gasteiger partial charge in [0.2, 0.25) is 17.7 Å². The summed E-state index contributed by atoms with van der Waals surface area (Å²) in [5, 5.41) is 20.5. The maximum atomic E-state index is 14.6. The molecule has 3 aliphatic heterocycles. The molecule has 5 aromatic carbocycles. The van der Waals surface area contributed by atoms with E-state index in [4.69, 9.17) is 11.6 Å². The zero-order chi connectivity index (χ0) is 75.4. The third-order valence-electron chi connectivity index (χ3n) is 20.5. The fourth-order valence-electron chi connectivity index (χ4n) is 14.3. The molecule has 10 rings (SSSR count). The lowest BCUT2D eigenvalue weighted by molar-refractivity contribution is -0.144. The molecule has 27 heteroatoms. The molecule has 1 aliphatic carbocycles. The summed E-state index contributed by atoms with van der Waals surface area (Å²) in [4.78, 5) is 70.0. The molecule has 0 spiro atoms. The monoisotopic (exact) mass is 1540 g/mol. The van der Waals surface area contributed by atoms with Crippen molar-refractivity contribution in [1.29, 1.82) is 0 Å². The molecule has 3 fully saturated rings. The highest BCUT2D eigenvalue weighted by Crippen LogP contribution is 2.44. The van der Waals surface area contributed by atoms with Crippen LogP contribution >= 0.6 is 34.7 Å². The average molecular weight is 1540 g/mol. The van der Waals surface area contributed by atoms with Crippen molar-refractivity contribution in [3.8, 4) is 10.4 Å². The van der Waals surface area contributed by atoms with E-state index in [1.54, 1.807) is 23.5 Å². The molecule has 0 bridgehead atoms. The van der Waals surface area contributed by atoms with Crippen LogP contribution in [0.3, 0.4) is 0 Å². The Morgan fingerprint density at radius 2 is 1.41 bits per heavy atom. The van der Waals surface area contributed by atoms with Gasteiger partial charge in [-0.1, -0.05) is 126 Å². The SMILES string of the molecule is Cc1ncsc1-c1ccc([C@H](C)NC(=O)[C@@H]2C[C@@H](O)CN2C(=O)[C@@H](NC(=O)CCCCCCCN2CCN(CC[C@H](CSc3ccccc3)Nc3ccc(S(=O)(=O)NC(=O)c4ccc(N5CCN(CC6=C(c7ccc(Cl)cc7)CCC(C)(C)C6)CC5)cc4)cc3S(=O)(=O)C(F)(F)F)CC2)C(C)(C)C)cc1. The first-order valence-electron chi connectivity index (χ1n) is 36.4. The molecular formula is C78H100ClF3N10O9S4. The highest BCUT2D eigenvalue weighted by atomic mass is 35.5. The molecule has 0 unspecified atom stereocenters. The van der Waals surface area contributed by atoms with Crippen molar-refractivity contribution in [3.63, 3.8) is 0 Å². The Hall–Kier alpha value is -6.88. The summed E-state index contributed by atoms with van der Waals surface area (Å²) >= 11 is 9.23. The lowest BCUT2D eigenvalue weighted by Crippen LogP contribution is -2.57. The van der Waals surface area contributed by atoms with E-state index in [0.29, 0.717) is 49.3 Å². The molecule has 105 heavy (non-hydrogen) atoms. The van der Waals surface area contributed by atoms with Crippen molar-refractivity contribution in [3.05, 3.63) is 160 Å². The normalized spacial score (nSPS) is 18.9. The fourth-order valence-corrected chi connectivity index (χ4v) is 18.3. The van der Waals surface area contributed by atoms with Crippen molar-refractivity contribution in [2.45, 2.75) is 170 Å². The Morgan fingerprint density at radius 1 is 0.771 bits per heavy atom. The molecule has 568 valence electrons. The van der Waals surface area contributed by atoms with E-state index in [1.807, 2.05) is 112 Å². The number of carbonyl (C=O) groups excluding carboxylic acids is 4. The van der Waals surface area contributed by atoms with Gasteiger partial charge in [-0.15, -0.1) is 23.1 Å². The van der Waals surface area contributed by atoms with E-state index in [2.05, 4.69) is 66.5 Å².